The van der Waals surface area contributed by atoms with Crippen LogP contribution in [0.5, 0.6) is 0 Å². The van der Waals surface area contributed by atoms with Crippen LogP contribution in [0, 0.1) is 0 Å². The van der Waals surface area contributed by atoms with E-state index >= 15 is 0 Å². The van der Waals surface area contributed by atoms with E-state index in [-0.39, 0.29) is 11.9 Å². The fourth-order valence-electron chi connectivity index (χ4n) is 2.06. The van der Waals surface area contributed by atoms with Crippen molar-refractivity contribution < 1.29 is 4.79 Å². The van der Waals surface area contributed by atoms with E-state index in [4.69, 9.17) is 0 Å². The maximum Gasteiger partial charge on any atom is 0.234 e. The number of likely N-dealkylation sites (tertiary alicyclic amines) is 1. The van der Waals surface area contributed by atoms with Gasteiger partial charge in [-0.1, -0.05) is 6.92 Å². The predicted molar refractivity (Wildman–Crippen MR) is 66.4 cm³/mol. The molecule has 1 fully saturated rings. The van der Waals surface area contributed by atoms with Crippen molar-refractivity contribution in [1.29, 1.82) is 0 Å². The minimum atomic E-state index is 0.158. The first-order chi connectivity index (χ1) is 7.65. The molecule has 1 aliphatic heterocycles. The molecule has 4 nitrogen and oxygen atoms in total. The molecule has 94 valence electrons. The van der Waals surface area contributed by atoms with Gasteiger partial charge in [0.2, 0.25) is 5.91 Å². The minimum Gasteiger partial charge on any atom is -0.353 e. The van der Waals surface area contributed by atoms with E-state index in [1.165, 1.54) is 12.8 Å². The molecule has 4 heteroatoms. The van der Waals surface area contributed by atoms with Crippen molar-refractivity contribution in [2.24, 2.45) is 0 Å². The fraction of sp³-hybridized carbons (Fsp3) is 0.917. The second-order valence-corrected chi connectivity index (χ2v) is 4.74. The Morgan fingerprint density at radius 2 is 2.31 bits per heavy atom. The van der Waals surface area contributed by atoms with Crippen LogP contribution in [-0.4, -0.2) is 49.6 Å². The molecule has 2 atom stereocenters. The van der Waals surface area contributed by atoms with Gasteiger partial charge in [-0.3, -0.25) is 9.69 Å². The molecule has 0 bridgehead atoms. The van der Waals surface area contributed by atoms with Crippen molar-refractivity contribution >= 4 is 5.91 Å². The molecule has 0 aromatic carbocycles. The Bertz CT molecular complexity index is 220. The Morgan fingerprint density at radius 1 is 1.56 bits per heavy atom. The lowest BCUT2D eigenvalue weighted by atomic mass is 10.1. The Kier molecular flexibility index (Phi) is 5.77. The third-order valence-corrected chi connectivity index (χ3v) is 3.30. The van der Waals surface area contributed by atoms with Crippen LogP contribution in [0.1, 0.15) is 33.1 Å². The molecule has 0 aromatic rings. The molecule has 1 amide bonds. The van der Waals surface area contributed by atoms with E-state index in [1.54, 1.807) is 0 Å². The highest BCUT2D eigenvalue weighted by molar-refractivity contribution is 5.78. The van der Waals surface area contributed by atoms with Crippen LogP contribution in [0.2, 0.25) is 0 Å². The van der Waals surface area contributed by atoms with Crippen molar-refractivity contribution in [3.05, 3.63) is 0 Å². The minimum absolute atomic E-state index is 0.158. The van der Waals surface area contributed by atoms with E-state index in [0.29, 0.717) is 12.6 Å². The summed E-state index contributed by atoms with van der Waals surface area (Å²) in [6, 6.07) is 0.836. The SMILES string of the molecule is CCC(C)NC(=O)CN1CCCC(NC)C1. The number of carbonyl (C=O) groups excluding carboxylic acids is 1. The number of piperidine rings is 1. The number of likely N-dealkylation sites (N-methyl/N-ethyl adjacent to an activating group) is 1. The molecule has 2 unspecified atom stereocenters. The zero-order valence-electron chi connectivity index (χ0n) is 10.8. The maximum absolute atomic E-state index is 11.7. The van der Waals surface area contributed by atoms with E-state index in [2.05, 4.69) is 22.5 Å². The first kappa shape index (κ1) is 13.5. The number of nitrogens with one attached hydrogen (secondary N) is 2. The van der Waals surface area contributed by atoms with Crippen LogP contribution in [-0.2, 0) is 4.79 Å². The van der Waals surface area contributed by atoms with Crippen molar-refractivity contribution in [2.75, 3.05) is 26.7 Å². The Morgan fingerprint density at radius 3 is 2.94 bits per heavy atom. The molecular formula is C12H25N3O. The lowest BCUT2D eigenvalue weighted by Crippen LogP contribution is -2.48. The van der Waals surface area contributed by atoms with E-state index < -0.39 is 0 Å². The monoisotopic (exact) mass is 227 g/mol. The third kappa shape index (κ3) is 4.49. The van der Waals surface area contributed by atoms with Crippen LogP contribution in [0.3, 0.4) is 0 Å². The van der Waals surface area contributed by atoms with Crippen LogP contribution in [0.4, 0.5) is 0 Å². The quantitative estimate of drug-likeness (QED) is 0.722. The van der Waals surface area contributed by atoms with Crippen LogP contribution >= 0.6 is 0 Å². The predicted octanol–water partition coefficient (Wildman–Crippen LogP) is 0.585. The average Bonchev–Trinajstić information content (AvgIpc) is 2.28. The van der Waals surface area contributed by atoms with Gasteiger partial charge in [-0.05, 0) is 39.8 Å². The molecule has 1 heterocycles. The van der Waals surface area contributed by atoms with Crippen molar-refractivity contribution in [2.45, 2.75) is 45.2 Å². The summed E-state index contributed by atoms with van der Waals surface area (Å²) in [6.45, 7) is 6.71. The second-order valence-electron chi connectivity index (χ2n) is 4.74. The fourth-order valence-corrected chi connectivity index (χ4v) is 2.06. The van der Waals surface area contributed by atoms with Crippen LogP contribution in [0.25, 0.3) is 0 Å². The normalized spacial score (nSPS) is 24.1. The van der Waals surface area contributed by atoms with Crippen LogP contribution < -0.4 is 10.6 Å². The molecule has 0 aromatic heterocycles. The van der Waals surface area contributed by atoms with Crippen molar-refractivity contribution in [3.63, 3.8) is 0 Å². The molecule has 0 saturated carbocycles. The standard InChI is InChI=1S/C12H25N3O/c1-4-10(2)14-12(16)9-15-7-5-6-11(8-15)13-3/h10-11,13H,4-9H2,1-3H3,(H,14,16). The molecule has 2 N–H and O–H groups in total. The summed E-state index contributed by atoms with van der Waals surface area (Å²) in [5.74, 6) is 0.158. The van der Waals surface area contributed by atoms with Gasteiger partial charge in [0, 0.05) is 18.6 Å². The lowest BCUT2D eigenvalue weighted by molar-refractivity contribution is -0.123. The molecule has 0 spiro atoms. The number of hydrogen-bond donors (Lipinski definition) is 2. The van der Waals surface area contributed by atoms with Crippen molar-refractivity contribution in [1.82, 2.24) is 15.5 Å². The molecule has 1 rings (SSSR count). The number of carbonyl (C=O) groups is 1. The van der Waals surface area contributed by atoms with Crippen molar-refractivity contribution in [3.8, 4) is 0 Å². The lowest BCUT2D eigenvalue weighted by Gasteiger charge is -2.32. The van der Waals surface area contributed by atoms with Gasteiger partial charge in [0.15, 0.2) is 0 Å². The highest BCUT2D eigenvalue weighted by Gasteiger charge is 2.20. The molecule has 16 heavy (non-hydrogen) atoms. The van der Waals surface area contributed by atoms with Gasteiger partial charge < -0.3 is 10.6 Å². The van der Waals surface area contributed by atoms with Gasteiger partial charge >= 0.3 is 0 Å². The number of amides is 1. The van der Waals surface area contributed by atoms with E-state index in [1.807, 2.05) is 14.0 Å². The average molecular weight is 227 g/mol. The number of hydrogen-bond acceptors (Lipinski definition) is 3. The highest BCUT2D eigenvalue weighted by Crippen LogP contribution is 2.08. The molecule has 1 aliphatic rings. The number of rotatable bonds is 5. The number of nitrogens with zero attached hydrogens (tertiary/aromatic N) is 1. The summed E-state index contributed by atoms with van der Waals surface area (Å²) in [5.41, 5.74) is 0. The first-order valence-electron chi connectivity index (χ1n) is 6.34. The Labute approximate surface area is 98.8 Å². The topological polar surface area (TPSA) is 44.4 Å². The Hall–Kier alpha value is -0.610. The Balaban J connectivity index is 2.27. The second kappa shape index (κ2) is 6.86. The van der Waals surface area contributed by atoms with Crippen LogP contribution in [0.15, 0.2) is 0 Å². The molecule has 0 aliphatic carbocycles. The molecule has 0 radical (unpaired) electrons. The van der Waals surface area contributed by atoms with E-state index in [9.17, 15) is 4.79 Å². The van der Waals surface area contributed by atoms with Gasteiger partial charge in [-0.15, -0.1) is 0 Å². The summed E-state index contributed by atoms with van der Waals surface area (Å²) in [5, 5.41) is 6.29. The largest absolute Gasteiger partial charge is 0.353 e. The third-order valence-electron chi connectivity index (χ3n) is 3.30. The summed E-state index contributed by atoms with van der Waals surface area (Å²) in [6.07, 6.45) is 3.40. The van der Waals surface area contributed by atoms with Gasteiger partial charge in [0.1, 0.15) is 0 Å². The zero-order chi connectivity index (χ0) is 12.0. The zero-order valence-corrected chi connectivity index (χ0v) is 10.8. The first-order valence-corrected chi connectivity index (χ1v) is 6.34. The summed E-state index contributed by atoms with van der Waals surface area (Å²) in [4.78, 5) is 13.9. The highest BCUT2D eigenvalue weighted by atomic mass is 16.2. The van der Waals surface area contributed by atoms with E-state index in [0.717, 1.165) is 19.5 Å². The van der Waals surface area contributed by atoms with Gasteiger partial charge in [0.05, 0.1) is 6.54 Å². The van der Waals surface area contributed by atoms with Gasteiger partial charge in [0.25, 0.3) is 0 Å². The van der Waals surface area contributed by atoms with Gasteiger partial charge in [-0.25, -0.2) is 0 Å². The van der Waals surface area contributed by atoms with Gasteiger partial charge in [-0.2, -0.15) is 0 Å². The summed E-state index contributed by atoms with van der Waals surface area (Å²) in [7, 11) is 1.99. The molecule has 1 saturated heterocycles. The maximum atomic E-state index is 11.7. The summed E-state index contributed by atoms with van der Waals surface area (Å²) < 4.78 is 0. The summed E-state index contributed by atoms with van der Waals surface area (Å²) >= 11 is 0. The molecular weight excluding hydrogens is 202 g/mol. The smallest absolute Gasteiger partial charge is 0.234 e.